The van der Waals surface area contributed by atoms with Gasteiger partial charge in [0.05, 0.1) is 0 Å². The summed E-state index contributed by atoms with van der Waals surface area (Å²) < 4.78 is 0. The summed E-state index contributed by atoms with van der Waals surface area (Å²) in [5.41, 5.74) is 0.497. The fraction of sp³-hybridized carbons (Fsp3) is 0.846. The fourth-order valence-electron chi connectivity index (χ4n) is 8.57. The van der Waals surface area contributed by atoms with Crippen molar-refractivity contribution < 1.29 is 9.59 Å². The summed E-state index contributed by atoms with van der Waals surface area (Å²) in [6, 6.07) is 0.287. The predicted octanol–water partition coefficient (Wildman–Crippen LogP) is 4.55. The molecule has 3 saturated carbocycles. The lowest BCUT2D eigenvalue weighted by atomic mass is 9.48. The molecule has 5 aliphatic rings. The standard InChI is InChI=1S/C26H40N2O2/c1-24(2)12-5-15-28(16-24)23(30)20-8-7-18-17-6-9-21-26(4,14-11-22(29)27-21)19(17)10-13-25(18,20)3/h11,14,17-21H,5-10,12-13,15-16H2,1-4H3,(H,27,29)/t17-,18-,19-,20+,21+,25-,26+/m0/s1. The summed E-state index contributed by atoms with van der Waals surface area (Å²) in [5.74, 6) is 2.73. The molecule has 1 N–H and O–H groups in total. The van der Waals surface area contributed by atoms with E-state index in [1.54, 1.807) is 6.08 Å². The number of nitrogens with one attached hydrogen (secondary N) is 1. The molecule has 0 radical (unpaired) electrons. The molecular weight excluding hydrogens is 372 g/mol. The molecule has 7 atom stereocenters. The number of likely N-dealkylation sites (tertiary alicyclic amines) is 1. The van der Waals surface area contributed by atoms with Crippen LogP contribution in [0.2, 0.25) is 0 Å². The van der Waals surface area contributed by atoms with Crippen molar-refractivity contribution in [2.45, 2.75) is 85.1 Å². The molecule has 2 heterocycles. The zero-order chi connectivity index (χ0) is 21.3. The van der Waals surface area contributed by atoms with Gasteiger partial charge in [-0.2, -0.15) is 0 Å². The van der Waals surface area contributed by atoms with Crippen LogP contribution in [0.4, 0.5) is 0 Å². The molecule has 2 amide bonds. The lowest BCUT2D eigenvalue weighted by Gasteiger charge is -2.59. The average Bonchev–Trinajstić information content (AvgIpc) is 3.04. The highest BCUT2D eigenvalue weighted by Gasteiger charge is 2.61. The molecule has 0 aromatic carbocycles. The Morgan fingerprint density at radius 3 is 2.60 bits per heavy atom. The molecule has 0 aromatic heterocycles. The number of nitrogens with zero attached hydrogens (tertiary/aromatic N) is 1. The number of carbonyl (C=O) groups is 2. The molecule has 4 fully saturated rings. The molecule has 0 bridgehead atoms. The lowest BCUT2D eigenvalue weighted by molar-refractivity contribution is -0.146. The fourth-order valence-corrected chi connectivity index (χ4v) is 8.57. The zero-order valence-corrected chi connectivity index (χ0v) is 19.4. The third-order valence-electron chi connectivity index (χ3n) is 10.2. The highest BCUT2D eigenvalue weighted by Crippen LogP contribution is 2.65. The topological polar surface area (TPSA) is 49.4 Å². The molecule has 166 valence electrons. The minimum absolute atomic E-state index is 0.0764. The minimum Gasteiger partial charge on any atom is -0.349 e. The van der Waals surface area contributed by atoms with E-state index < -0.39 is 0 Å². The van der Waals surface area contributed by atoms with Gasteiger partial charge in [-0.15, -0.1) is 0 Å². The highest BCUT2D eigenvalue weighted by molar-refractivity contribution is 5.89. The van der Waals surface area contributed by atoms with Crippen molar-refractivity contribution in [1.29, 1.82) is 0 Å². The maximum absolute atomic E-state index is 13.7. The van der Waals surface area contributed by atoms with E-state index in [-0.39, 0.29) is 34.1 Å². The molecule has 5 rings (SSSR count). The second-order valence-electron chi connectivity index (χ2n) is 12.4. The summed E-state index contributed by atoms with van der Waals surface area (Å²) in [6.45, 7) is 11.3. The van der Waals surface area contributed by atoms with Gasteiger partial charge in [0.15, 0.2) is 0 Å². The van der Waals surface area contributed by atoms with Crippen LogP contribution in [-0.2, 0) is 9.59 Å². The van der Waals surface area contributed by atoms with E-state index in [0.717, 1.165) is 38.8 Å². The van der Waals surface area contributed by atoms with Crippen molar-refractivity contribution in [2.75, 3.05) is 13.1 Å². The molecule has 30 heavy (non-hydrogen) atoms. The number of hydrogen-bond acceptors (Lipinski definition) is 2. The van der Waals surface area contributed by atoms with E-state index in [2.05, 4.69) is 44.0 Å². The van der Waals surface area contributed by atoms with Gasteiger partial charge >= 0.3 is 0 Å². The number of rotatable bonds is 1. The summed E-state index contributed by atoms with van der Waals surface area (Å²) in [5, 5.41) is 3.25. The van der Waals surface area contributed by atoms with Crippen molar-refractivity contribution in [2.24, 2.45) is 39.9 Å². The first-order valence-corrected chi connectivity index (χ1v) is 12.4. The number of amides is 2. The van der Waals surface area contributed by atoms with Crippen LogP contribution in [0.3, 0.4) is 0 Å². The van der Waals surface area contributed by atoms with E-state index in [1.165, 1.54) is 25.7 Å². The second kappa shape index (κ2) is 6.84. The Labute approximate surface area is 182 Å². The van der Waals surface area contributed by atoms with Gasteiger partial charge in [-0.05, 0) is 86.0 Å². The zero-order valence-electron chi connectivity index (χ0n) is 19.4. The van der Waals surface area contributed by atoms with Gasteiger partial charge in [-0.1, -0.05) is 33.8 Å². The molecule has 0 spiro atoms. The maximum atomic E-state index is 13.7. The predicted molar refractivity (Wildman–Crippen MR) is 119 cm³/mol. The third kappa shape index (κ3) is 2.99. The quantitative estimate of drug-likeness (QED) is 0.687. The van der Waals surface area contributed by atoms with Gasteiger partial charge in [-0.25, -0.2) is 0 Å². The number of fused-ring (bicyclic) bond motifs is 5. The first kappa shape index (κ1) is 20.6. The Balaban J connectivity index is 1.37. The van der Waals surface area contributed by atoms with Crippen molar-refractivity contribution in [3.8, 4) is 0 Å². The van der Waals surface area contributed by atoms with E-state index in [0.29, 0.717) is 23.7 Å². The Bertz CT molecular complexity index is 773. The second-order valence-corrected chi connectivity index (χ2v) is 12.4. The molecule has 4 nitrogen and oxygen atoms in total. The van der Waals surface area contributed by atoms with Gasteiger partial charge in [0, 0.05) is 30.5 Å². The van der Waals surface area contributed by atoms with Crippen molar-refractivity contribution in [3.05, 3.63) is 12.2 Å². The third-order valence-corrected chi connectivity index (χ3v) is 10.2. The van der Waals surface area contributed by atoms with Gasteiger partial charge < -0.3 is 10.2 Å². The summed E-state index contributed by atoms with van der Waals surface area (Å²) in [7, 11) is 0. The molecule has 0 aromatic rings. The summed E-state index contributed by atoms with van der Waals surface area (Å²) in [4.78, 5) is 27.8. The number of piperidine rings is 1. The van der Waals surface area contributed by atoms with Gasteiger partial charge in [-0.3, -0.25) is 9.59 Å². The van der Waals surface area contributed by atoms with Crippen LogP contribution < -0.4 is 5.32 Å². The van der Waals surface area contributed by atoms with Crippen LogP contribution in [0.15, 0.2) is 12.2 Å². The van der Waals surface area contributed by atoms with Gasteiger partial charge in [0.25, 0.3) is 0 Å². The first-order chi connectivity index (χ1) is 14.1. The van der Waals surface area contributed by atoms with Crippen LogP contribution in [0, 0.1) is 39.9 Å². The van der Waals surface area contributed by atoms with Crippen molar-refractivity contribution in [1.82, 2.24) is 10.2 Å². The Morgan fingerprint density at radius 2 is 1.83 bits per heavy atom. The van der Waals surface area contributed by atoms with Crippen LogP contribution >= 0.6 is 0 Å². The van der Waals surface area contributed by atoms with E-state index >= 15 is 0 Å². The van der Waals surface area contributed by atoms with Crippen molar-refractivity contribution >= 4 is 11.8 Å². The first-order valence-electron chi connectivity index (χ1n) is 12.4. The van der Waals surface area contributed by atoms with Crippen LogP contribution in [0.1, 0.15) is 79.1 Å². The lowest BCUT2D eigenvalue weighted by Crippen LogP contribution is -2.59. The van der Waals surface area contributed by atoms with E-state index in [4.69, 9.17) is 0 Å². The molecule has 3 aliphatic carbocycles. The van der Waals surface area contributed by atoms with Crippen LogP contribution in [0.5, 0.6) is 0 Å². The SMILES string of the molecule is CC1(C)CCCN(C(=O)[C@H]2CC[C@H]3[C@@H]4CC[C@H]5NC(=O)C=C[C@]5(C)[C@H]4CC[C@]23C)C1. The summed E-state index contributed by atoms with van der Waals surface area (Å²) in [6.07, 6.45) is 13.3. The average molecular weight is 413 g/mol. The smallest absolute Gasteiger partial charge is 0.243 e. The van der Waals surface area contributed by atoms with Crippen molar-refractivity contribution in [3.63, 3.8) is 0 Å². The monoisotopic (exact) mass is 412 g/mol. The molecular formula is C26H40N2O2. The maximum Gasteiger partial charge on any atom is 0.243 e. The minimum atomic E-state index is 0.0764. The number of hydrogen-bond donors (Lipinski definition) is 1. The molecule has 0 unspecified atom stereocenters. The van der Waals surface area contributed by atoms with Crippen LogP contribution in [-0.4, -0.2) is 35.8 Å². The molecule has 4 heteroatoms. The van der Waals surface area contributed by atoms with E-state index in [9.17, 15) is 9.59 Å². The van der Waals surface area contributed by atoms with Gasteiger partial charge in [0.1, 0.15) is 0 Å². The normalized spacial score (nSPS) is 47.1. The Morgan fingerprint density at radius 1 is 1.03 bits per heavy atom. The Kier molecular flexibility index (Phi) is 4.69. The number of carbonyl (C=O) groups excluding carboxylic acids is 2. The van der Waals surface area contributed by atoms with E-state index in [1.807, 2.05) is 0 Å². The van der Waals surface area contributed by atoms with Gasteiger partial charge in [0.2, 0.25) is 11.8 Å². The summed E-state index contributed by atoms with van der Waals surface area (Å²) >= 11 is 0. The molecule has 2 aliphatic heterocycles. The molecule has 1 saturated heterocycles. The Hall–Kier alpha value is -1.32. The van der Waals surface area contributed by atoms with Crippen LogP contribution in [0.25, 0.3) is 0 Å². The highest BCUT2D eigenvalue weighted by atomic mass is 16.2. The largest absolute Gasteiger partial charge is 0.349 e.